The van der Waals surface area contributed by atoms with Crippen molar-refractivity contribution in [1.82, 2.24) is 9.88 Å². The topological polar surface area (TPSA) is 79.7 Å². The first-order valence-corrected chi connectivity index (χ1v) is 11.6. The minimum atomic E-state index is -0.722. The van der Waals surface area contributed by atoms with E-state index in [9.17, 15) is 14.7 Å². The fraction of sp³-hybridized carbons (Fsp3) is 0.100. The SMILES string of the molecule is O=C1C(=O)N(Cc2cccnc2)C(c2ccccc2)/C1=C(/O)c1ccc(OCc2ccccc2)cc1. The molecule has 6 nitrogen and oxygen atoms in total. The normalized spacial score (nSPS) is 16.8. The maximum Gasteiger partial charge on any atom is 0.295 e. The van der Waals surface area contributed by atoms with Crippen LogP contribution in [0.1, 0.15) is 28.3 Å². The summed E-state index contributed by atoms with van der Waals surface area (Å²) in [5.74, 6) is -0.954. The molecule has 36 heavy (non-hydrogen) atoms. The van der Waals surface area contributed by atoms with Gasteiger partial charge in [-0.05, 0) is 47.0 Å². The highest BCUT2D eigenvalue weighted by molar-refractivity contribution is 6.46. The molecule has 1 amide bonds. The molecule has 1 N–H and O–H groups in total. The Bertz CT molecular complexity index is 1390. The van der Waals surface area contributed by atoms with Crippen molar-refractivity contribution in [2.24, 2.45) is 0 Å². The van der Waals surface area contributed by atoms with Gasteiger partial charge in [-0.2, -0.15) is 0 Å². The molecule has 178 valence electrons. The third kappa shape index (κ3) is 4.74. The van der Waals surface area contributed by atoms with Gasteiger partial charge in [-0.1, -0.05) is 66.7 Å². The fourth-order valence-corrected chi connectivity index (χ4v) is 4.32. The molecule has 1 atom stereocenters. The summed E-state index contributed by atoms with van der Waals surface area (Å²) in [7, 11) is 0. The number of pyridine rings is 1. The highest BCUT2D eigenvalue weighted by Gasteiger charge is 2.46. The van der Waals surface area contributed by atoms with Gasteiger partial charge in [0.15, 0.2) is 0 Å². The van der Waals surface area contributed by atoms with E-state index >= 15 is 0 Å². The Hall–Kier alpha value is -4.71. The first kappa shape index (κ1) is 23.1. The monoisotopic (exact) mass is 476 g/mol. The number of carbonyl (C=O) groups is 2. The molecule has 1 unspecified atom stereocenters. The summed E-state index contributed by atoms with van der Waals surface area (Å²) >= 11 is 0. The predicted octanol–water partition coefficient (Wildman–Crippen LogP) is 5.28. The molecule has 1 saturated heterocycles. The summed E-state index contributed by atoms with van der Waals surface area (Å²) in [5, 5.41) is 11.2. The van der Waals surface area contributed by atoms with Crippen molar-refractivity contribution in [3.8, 4) is 5.75 Å². The van der Waals surface area contributed by atoms with Gasteiger partial charge in [0.05, 0.1) is 11.6 Å². The zero-order valence-corrected chi connectivity index (χ0v) is 19.5. The van der Waals surface area contributed by atoms with E-state index < -0.39 is 17.7 Å². The van der Waals surface area contributed by atoms with Crippen LogP contribution in [0.4, 0.5) is 0 Å². The molecule has 0 spiro atoms. The summed E-state index contributed by atoms with van der Waals surface area (Å²) in [4.78, 5) is 31.9. The minimum absolute atomic E-state index is 0.0630. The van der Waals surface area contributed by atoms with Gasteiger partial charge in [0.25, 0.3) is 11.7 Å². The molecule has 3 aromatic carbocycles. The van der Waals surface area contributed by atoms with E-state index in [0.717, 1.165) is 16.7 Å². The van der Waals surface area contributed by atoms with E-state index in [-0.39, 0.29) is 17.9 Å². The summed E-state index contributed by atoms with van der Waals surface area (Å²) in [6.45, 7) is 0.612. The number of nitrogens with zero attached hydrogens (tertiary/aromatic N) is 2. The van der Waals surface area contributed by atoms with Crippen molar-refractivity contribution in [3.05, 3.63) is 137 Å². The molecular weight excluding hydrogens is 452 g/mol. The second-order valence-corrected chi connectivity index (χ2v) is 8.50. The van der Waals surface area contributed by atoms with Crippen LogP contribution < -0.4 is 4.74 Å². The molecule has 1 fully saturated rings. The van der Waals surface area contributed by atoms with E-state index in [0.29, 0.717) is 17.9 Å². The largest absolute Gasteiger partial charge is 0.507 e. The number of hydrogen-bond acceptors (Lipinski definition) is 5. The average molecular weight is 477 g/mol. The molecule has 6 heteroatoms. The van der Waals surface area contributed by atoms with Gasteiger partial charge in [0.1, 0.15) is 18.1 Å². The third-order valence-corrected chi connectivity index (χ3v) is 6.11. The Morgan fingerprint density at radius 3 is 2.17 bits per heavy atom. The molecule has 0 radical (unpaired) electrons. The second kappa shape index (κ2) is 10.3. The lowest BCUT2D eigenvalue weighted by Crippen LogP contribution is -2.29. The van der Waals surface area contributed by atoms with Crippen molar-refractivity contribution in [1.29, 1.82) is 0 Å². The van der Waals surface area contributed by atoms with Crippen molar-refractivity contribution in [2.75, 3.05) is 0 Å². The van der Waals surface area contributed by atoms with Crippen LogP contribution in [0, 0.1) is 0 Å². The maximum atomic E-state index is 13.2. The zero-order valence-electron chi connectivity index (χ0n) is 19.5. The summed E-state index contributed by atoms with van der Waals surface area (Å²) < 4.78 is 5.83. The molecule has 1 aliphatic rings. The van der Waals surface area contributed by atoms with Crippen LogP contribution in [0.5, 0.6) is 5.75 Å². The van der Waals surface area contributed by atoms with Crippen LogP contribution in [0.3, 0.4) is 0 Å². The molecule has 4 aromatic rings. The lowest BCUT2D eigenvalue weighted by molar-refractivity contribution is -0.140. The molecule has 1 aliphatic heterocycles. The fourth-order valence-electron chi connectivity index (χ4n) is 4.32. The van der Waals surface area contributed by atoms with E-state index in [4.69, 9.17) is 4.74 Å². The highest BCUT2D eigenvalue weighted by atomic mass is 16.5. The van der Waals surface area contributed by atoms with E-state index in [2.05, 4.69) is 4.98 Å². The van der Waals surface area contributed by atoms with Crippen molar-refractivity contribution in [3.63, 3.8) is 0 Å². The van der Waals surface area contributed by atoms with E-state index in [1.54, 1.807) is 42.7 Å². The quantitative estimate of drug-likeness (QED) is 0.223. The Labute approximate surface area is 209 Å². The van der Waals surface area contributed by atoms with Crippen LogP contribution in [-0.2, 0) is 22.7 Å². The van der Waals surface area contributed by atoms with Crippen molar-refractivity contribution < 1.29 is 19.4 Å². The Morgan fingerprint density at radius 1 is 0.833 bits per heavy atom. The molecular formula is C30H24N2O4. The average Bonchev–Trinajstić information content (AvgIpc) is 3.18. The maximum absolute atomic E-state index is 13.2. The van der Waals surface area contributed by atoms with Gasteiger partial charge < -0.3 is 14.7 Å². The second-order valence-electron chi connectivity index (χ2n) is 8.50. The predicted molar refractivity (Wildman–Crippen MR) is 136 cm³/mol. The first-order chi connectivity index (χ1) is 17.6. The number of benzene rings is 3. The van der Waals surface area contributed by atoms with Crippen molar-refractivity contribution >= 4 is 17.4 Å². The molecule has 5 rings (SSSR count). The number of aliphatic hydroxyl groups is 1. The lowest BCUT2D eigenvalue weighted by Gasteiger charge is -2.25. The summed E-state index contributed by atoms with van der Waals surface area (Å²) in [5.41, 5.74) is 3.07. The molecule has 1 aromatic heterocycles. The Kier molecular flexibility index (Phi) is 6.58. The Morgan fingerprint density at radius 2 is 1.50 bits per heavy atom. The standard InChI is InChI=1S/C30H24N2O4/c33-28(24-13-15-25(16-14-24)36-20-21-8-3-1-4-9-21)26-27(23-11-5-2-6-12-23)32(30(35)29(26)34)19-22-10-7-17-31-18-22/h1-18,27,33H,19-20H2/b28-26-. The van der Waals surface area contributed by atoms with Gasteiger partial charge in [0, 0.05) is 24.5 Å². The van der Waals surface area contributed by atoms with Gasteiger partial charge in [0.2, 0.25) is 0 Å². The smallest absolute Gasteiger partial charge is 0.295 e. The summed E-state index contributed by atoms with van der Waals surface area (Å²) in [6, 6.07) is 28.8. The Balaban J connectivity index is 1.47. The van der Waals surface area contributed by atoms with Gasteiger partial charge >= 0.3 is 0 Å². The van der Waals surface area contributed by atoms with Gasteiger partial charge in [-0.3, -0.25) is 14.6 Å². The number of Topliss-reactive ketones (excluding diaryl/α,β-unsaturated/α-hetero) is 1. The number of ketones is 1. The number of amides is 1. The molecule has 0 saturated carbocycles. The number of hydrogen-bond donors (Lipinski definition) is 1. The molecule has 0 bridgehead atoms. The van der Waals surface area contributed by atoms with Crippen LogP contribution in [0.15, 0.2) is 115 Å². The molecule has 0 aliphatic carbocycles. The number of rotatable bonds is 7. The third-order valence-electron chi connectivity index (χ3n) is 6.11. The number of aliphatic hydroxyl groups excluding tert-OH is 1. The van der Waals surface area contributed by atoms with Crippen molar-refractivity contribution in [2.45, 2.75) is 19.2 Å². The van der Waals surface area contributed by atoms with Gasteiger partial charge in [-0.15, -0.1) is 0 Å². The van der Waals surface area contributed by atoms with Crippen LogP contribution in [0.25, 0.3) is 5.76 Å². The lowest BCUT2D eigenvalue weighted by atomic mass is 9.95. The number of carbonyl (C=O) groups excluding carboxylic acids is 2. The van der Waals surface area contributed by atoms with E-state index in [1.165, 1.54) is 4.90 Å². The van der Waals surface area contributed by atoms with E-state index in [1.807, 2.05) is 66.7 Å². The van der Waals surface area contributed by atoms with Gasteiger partial charge in [-0.25, -0.2) is 0 Å². The zero-order chi connectivity index (χ0) is 24.9. The highest BCUT2D eigenvalue weighted by Crippen LogP contribution is 2.40. The summed E-state index contributed by atoms with van der Waals surface area (Å²) in [6.07, 6.45) is 3.31. The number of likely N-dealkylation sites (tertiary alicyclic amines) is 1. The van der Waals surface area contributed by atoms with Crippen LogP contribution in [-0.4, -0.2) is 26.7 Å². The minimum Gasteiger partial charge on any atom is -0.507 e. The number of aromatic nitrogens is 1. The number of ether oxygens (including phenoxy) is 1. The molecule has 2 heterocycles. The van der Waals surface area contributed by atoms with Crippen LogP contribution in [0.2, 0.25) is 0 Å². The first-order valence-electron chi connectivity index (χ1n) is 11.6. The van der Waals surface area contributed by atoms with Crippen LogP contribution >= 0.6 is 0 Å².